The minimum absolute atomic E-state index is 0.0474. The number of nitrogens with two attached hydrogens (primary N) is 1. The molecule has 1 fully saturated rings. The predicted molar refractivity (Wildman–Crippen MR) is 83.1 cm³/mol. The van der Waals surface area contributed by atoms with Gasteiger partial charge in [-0.2, -0.15) is 0 Å². The van der Waals surface area contributed by atoms with Crippen LogP contribution in [0.25, 0.3) is 0 Å². The monoisotopic (exact) mass is 307 g/mol. The number of carbonyl (C=O) groups is 1. The molecule has 1 heterocycles. The number of aromatic hydroxyl groups is 1. The Hall–Kier alpha value is -1.57. The molecule has 6 nitrogen and oxygen atoms in total. The highest BCUT2D eigenvalue weighted by atomic mass is 16.7. The number of carboxylic acids is 1. The van der Waals surface area contributed by atoms with Crippen LogP contribution in [0, 0.1) is 0 Å². The Morgan fingerprint density at radius 2 is 1.82 bits per heavy atom. The first-order chi connectivity index (χ1) is 10.0. The number of hydrogen-bond donors (Lipinski definition) is 3. The standard InChI is InChI=1S/C15H22BNO5/c1-14(2)15(3,4)22-16(21-14)10-7-9(5-6-12(10)18)8-11(17)13(19)20/h5-7,11,18H,8,17H2,1-4H3,(H,19,20). The SMILES string of the molecule is CC1(C)OB(c2cc(CC(N)C(=O)O)ccc2O)OC1(C)C. The summed E-state index contributed by atoms with van der Waals surface area (Å²) < 4.78 is 11.8. The van der Waals surface area contributed by atoms with Crippen LogP contribution in [0.3, 0.4) is 0 Å². The van der Waals surface area contributed by atoms with E-state index in [1.807, 2.05) is 27.7 Å². The summed E-state index contributed by atoms with van der Waals surface area (Å²) in [5.74, 6) is -1.02. The lowest BCUT2D eigenvalue weighted by molar-refractivity contribution is -0.138. The van der Waals surface area contributed by atoms with Crippen LogP contribution in [0.5, 0.6) is 5.75 Å². The molecule has 1 atom stereocenters. The van der Waals surface area contributed by atoms with Gasteiger partial charge in [0, 0.05) is 5.46 Å². The summed E-state index contributed by atoms with van der Waals surface area (Å²) in [6.07, 6.45) is 0.169. The zero-order valence-corrected chi connectivity index (χ0v) is 13.3. The van der Waals surface area contributed by atoms with Crippen molar-refractivity contribution in [3.63, 3.8) is 0 Å². The number of phenols is 1. The molecule has 1 aliphatic heterocycles. The summed E-state index contributed by atoms with van der Waals surface area (Å²) in [6, 6.07) is 3.84. The van der Waals surface area contributed by atoms with E-state index in [1.165, 1.54) is 6.07 Å². The second kappa shape index (κ2) is 5.57. The molecule has 1 aromatic carbocycles. The first-order valence-electron chi connectivity index (χ1n) is 7.19. The highest BCUT2D eigenvalue weighted by Gasteiger charge is 2.52. The lowest BCUT2D eigenvalue weighted by Crippen LogP contribution is -2.41. The van der Waals surface area contributed by atoms with Crippen LogP contribution in [0.2, 0.25) is 0 Å². The summed E-state index contributed by atoms with van der Waals surface area (Å²) >= 11 is 0. The number of carboxylic acid groups (broad SMARTS) is 1. The minimum atomic E-state index is -1.06. The Morgan fingerprint density at radius 3 is 2.32 bits per heavy atom. The van der Waals surface area contributed by atoms with Crippen molar-refractivity contribution in [1.29, 1.82) is 0 Å². The number of aliphatic carboxylic acids is 1. The van der Waals surface area contributed by atoms with Crippen molar-refractivity contribution in [3.8, 4) is 5.75 Å². The number of hydrogen-bond acceptors (Lipinski definition) is 5. The molecule has 0 amide bonds. The Labute approximate surface area is 130 Å². The lowest BCUT2D eigenvalue weighted by atomic mass is 9.77. The molecule has 2 rings (SSSR count). The van der Waals surface area contributed by atoms with Crippen molar-refractivity contribution in [1.82, 2.24) is 0 Å². The third-order valence-corrected chi connectivity index (χ3v) is 4.37. The lowest BCUT2D eigenvalue weighted by Gasteiger charge is -2.32. The van der Waals surface area contributed by atoms with E-state index >= 15 is 0 Å². The Balaban J connectivity index is 2.27. The molecule has 22 heavy (non-hydrogen) atoms. The summed E-state index contributed by atoms with van der Waals surface area (Å²) in [7, 11) is -0.703. The van der Waals surface area contributed by atoms with Gasteiger partial charge in [0.25, 0.3) is 0 Å². The van der Waals surface area contributed by atoms with Gasteiger partial charge in [0.2, 0.25) is 0 Å². The van der Waals surface area contributed by atoms with E-state index in [4.69, 9.17) is 20.1 Å². The van der Waals surface area contributed by atoms with Gasteiger partial charge in [0.15, 0.2) is 0 Å². The van der Waals surface area contributed by atoms with Crippen LogP contribution < -0.4 is 11.2 Å². The second-order valence-corrected chi connectivity index (χ2v) is 6.63. The molecule has 0 bridgehead atoms. The molecule has 0 aliphatic carbocycles. The average Bonchev–Trinajstić information content (AvgIpc) is 2.60. The van der Waals surface area contributed by atoms with Crippen molar-refractivity contribution >= 4 is 18.6 Å². The van der Waals surface area contributed by atoms with E-state index in [-0.39, 0.29) is 12.2 Å². The van der Waals surface area contributed by atoms with Gasteiger partial charge in [-0.25, -0.2) is 0 Å². The van der Waals surface area contributed by atoms with Gasteiger partial charge in [-0.15, -0.1) is 0 Å². The number of phenolic OH excluding ortho intramolecular Hbond substituents is 1. The smallest absolute Gasteiger partial charge is 0.498 e. The summed E-state index contributed by atoms with van der Waals surface area (Å²) in [4.78, 5) is 10.9. The molecule has 0 aromatic heterocycles. The van der Waals surface area contributed by atoms with Crippen molar-refractivity contribution in [3.05, 3.63) is 23.8 Å². The summed E-state index contributed by atoms with van der Waals surface area (Å²) in [5, 5.41) is 19.0. The molecule has 1 aromatic rings. The maximum Gasteiger partial charge on any atom is 0.498 e. The van der Waals surface area contributed by atoms with Gasteiger partial charge < -0.3 is 25.3 Å². The fourth-order valence-electron chi connectivity index (χ4n) is 2.23. The van der Waals surface area contributed by atoms with Crippen molar-refractivity contribution in [2.24, 2.45) is 5.73 Å². The van der Waals surface area contributed by atoms with Crippen molar-refractivity contribution in [2.45, 2.75) is 51.4 Å². The zero-order valence-electron chi connectivity index (χ0n) is 13.3. The number of rotatable bonds is 4. The van der Waals surface area contributed by atoms with Crippen molar-refractivity contribution < 1.29 is 24.3 Å². The zero-order chi connectivity index (χ0) is 16.7. The van der Waals surface area contributed by atoms with E-state index in [2.05, 4.69) is 0 Å². The van der Waals surface area contributed by atoms with Crippen LogP contribution in [0.4, 0.5) is 0 Å². The van der Waals surface area contributed by atoms with Crippen LogP contribution >= 0.6 is 0 Å². The second-order valence-electron chi connectivity index (χ2n) is 6.63. The molecule has 4 N–H and O–H groups in total. The van der Waals surface area contributed by atoms with Gasteiger partial charge in [0.1, 0.15) is 11.8 Å². The highest BCUT2D eigenvalue weighted by molar-refractivity contribution is 6.63. The Morgan fingerprint density at radius 1 is 1.27 bits per heavy atom. The summed E-state index contributed by atoms with van der Waals surface area (Å²) in [6.45, 7) is 7.70. The van der Waals surface area contributed by atoms with Gasteiger partial charge in [0.05, 0.1) is 11.2 Å². The topological polar surface area (TPSA) is 102 Å². The molecule has 1 unspecified atom stereocenters. The van der Waals surface area contributed by atoms with E-state index in [0.717, 1.165) is 0 Å². The molecule has 0 spiro atoms. The van der Waals surface area contributed by atoms with Crippen LogP contribution in [-0.2, 0) is 20.5 Å². The van der Waals surface area contributed by atoms with E-state index < -0.39 is 30.3 Å². The van der Waals surface area contributed by atoms with Gasteiger partial charge in [-0.05, 0) is 45.7 Å². The Bertz CT molecular complexity index is 571. The molecular formula is C15H22BNO5. The quantitative estimate of drug-likeness (QED) is 0.706. The fraction of sp³-hybridized carbons (Fsp3) is 0.533. The van der Waals surface area contributed by atoms with E-state index in [9.17, 15) is 9.90 Å². The normalized spacial score (nSPS) is 20.9. The molecule has 1 aliphatic rings. The highest BCUT2D eigenvalue weighted by Crippen LogP contribution is 2.37. The van der Waals surface area contributed by atoms with Gasteiger partial charge >= 0.3 is 13.1 Å². The maximum absolute atomic E-state index is 10.9. The largest absolute Gasteiger partial charge is 0.508 e. The van der Waals surface area contributed by atoms with Crippen LogP contribution in [0.15, 0.2) is 18.2 Å². The number of benzene rings is 1. The molecular weight excluding hydrogens is 285 g/mol. The molecule has 0 saturated carbocycles. The predicted octanol–water partition coefficient (Wildman–Crippen LogP) is 0.646. The minimum Gasteiger partial charge on any atom is -0.508 e. The third-order valence-electron chi connectivity index (χ3n) is 4.37. The first kappa shape index (κ1) is 16.8. The molecule has 0 radical (unpaired) electrons. The van der Waals surface area contributed by atoms with E-state index in [0.29, 0.717) is 11.0 Å². The Kier molecular flexibility index (Phi) is 4.25. The van der Waals surface area contributed by atoms with E-state index in [1.54, 1.807) is 12.1 Å². The summed E-state index contributed by atoms with van der Waals surface area (Å²) in [5.41, 5.74) is 5.71. The third kappa shape index (κ3) is 3.11. The van der Waals surface area contributed by atoms with Gasteiger partial charge in [-0.1, -0.05) is 12.1 Å². The molecule has 1 saturated heterocycles. The maximum atomic E-state index is 10.9. The fourth-order valence-corrected chi connectivity index (χ4v) is 2.23. The molecule has 120 valence electrons. The molecule has 7 heteroatoms. The average molecular weight is 307 g/mol. The first-order valence-corrected chi connectivity index (χ1v) is 7.19. The van der Waals surface area contributed by atoms with Crippen LogP contribution in [0.1, 0.15) is 33.3 Å². The van der Waals surface area contributed by atoms with Crippen LogP contribution in [-0.4, -0.2) is 40.5 Å². The van der Waals surface area contributed by atoms with Crippen molar-refractivity contribution in [2.75, 3.05) is 0 Å². The van der Waals surface area contributed by atoms with Gasteiger partial charge in [-0.3, -0.25) is 4.79 Å².